The Balaban J connectivity index is 1.39. The number of aromatic nitrogens is 6. The number of fused-ring (bicyclic) bond motifs is 2. The van der Waals surface area contributed by atoms with Crippen LogP contribution >= 0.6 is 11.3 Å². The molecule has 0 atom stereocenters. The summed E-state index contributed by atoms with van der Waals surface area (Å²) < 4.78 is 0. The molecular weight excluding hydrogens is 498 g/mol. The number of pyridine rings is 3. The highest BCUT2D eigenvalue weighted by Gasteiger charge is 2.17. The highest BCUT2D eigenvalue weighted by atomic mass is 32.1. The van der Waals surface area contributed by atoms with Gasteiger partial charge in [-0.05, 0) is 55.8 Å². The van der Waals surface area contributed by atoms with Crippen LogP contribution in [-0.2, 0) is 4.79 Å². The number of H-pyrrole nitrogens is 2. The van der Waals surface area contributed by atoms with Crippen molar-refractivity contribution >= 4 is 50.7 Å². The van der Waals surface area contributed by atoms with Crippen LogP contribution in [0.5, 0.6) is 0 Å². The monoisotopic (exact) mass is 521 g/mol. The van der Waals surface area contributed by atoms with E-state index in [1.165, 1.54) is 11.3 Å². The van der Waals surface area contributed by atoms with Crippen molar-refractivity contribution in [2.24, 2.45) is 0 Å². The van der Waals surface area contributed by atoms with Crippen LogP contribution < -0.4 is 5.32 Å². The zero-order valence-electron chi connectivity index (χ0n) is 20.7. The van der Waals surface area contributed by atoms with Gasteiger partial charge in [0.05, 0.1) is 44.2 Å². The van der Waals surface area contributed by atoms with Crippen molar-refractivity contribution in [3.63, 3.8) is 0 Å². The molecule has 9 nitrogen and oxygen atoms in total. The van der Waals surface area contributed by atoms with Crippen molar-refractivity contribution in [2.45, 2.75) is 26.7 Å². The van der Waals surface area contributed by atoms with Gasteiger partial charge in [0.25, 0.3) is 0 Å². The molecular formula is C28H23N7O2S. The number of anilines is 1. The maximum absolute atomic E-state index is 12.0. The van der Waals surface area contributed by atoms with E-state index in [1.54, 1.807) is 25.5 Å². The number of amides is 1. The van der Waals surface area contributed by atoms with Crippen LogP contribution in [0.1, 0.15) is 36.4 Å². The van der Waals surface area contributed by atoms with Crippen LogP contribution in [0, 0.1) is 0 Å². The van der Waals surface area contributed by atoms with Crippen molar-refractivity contribution in [3.8, 4) is 33.2 Å². The van der Waals surface area contributed by atoms with Crippen LogP contribution in [0.4, 0.5) is 5.69 Å². The summed E-state index contributed by atoms with van der Waals surface area (Å²) in [5.74, 6) is -0.00292. The van der Waals surface area contributed by atoms with Gasteiger partial charge in [0, 0.05) is 35.3 Å². The van der Waals surface area contributed by atoms with Gasteiger partial charge in [0.15, 0.2) is 5.78 Å². The Labute approximate surface area is 221 Å². The van der Waals surface area contributed by atoms with Gasteiger partial charge in [0.2, 0.25) is 5.91 Å². The molecule has 0 aliphatic heterocycles. The van der Waals surface area contributed by atoms with Crippen LogP contribution in [0.15, 0.2) is 61.1 Å². The van der Waals surface area contributed by atoms with Crippen molar-refractivity contribution in [1.29, 1.82) is 0 Å². The summed E-state index contributed by atoms with van der Waals surface area (Å²) in [5.41, 5.74) is 6.84. The minimum atomic E-state index is -0.0419. The summed E-state index contributed by atoms with van der Waals surface area (Å²) in [4.78, 5) is 42.7. The third kappa shape index (κ3) is 4.35. The number of carbonyl (C=O) groups excluding carboxylic acids is 2. The zero-order chi connectivity index (χ0) is 26.2. The predicted molar refractivity (Wildman–Crippen MR) is 149 cm³/mol. The normalized spacial score (nSPS) is 11.3. The number of ketones is 1. The van der Waals surface area contributed by atoms with E-state index < -0.39 is 0 Å². The fraction of sp³-hybridized carbons (Fsp3) is 0.143. The van der Waals surface area contributed by atoms with Crippen molar-refractivity contribution in [2.75, 3.05) is 5.32 Å². The van der Waals surface area contributed by atoms with E-state index in [2.05, 4.69) is 30.5 Å². The number of aromatic amines is 2. The van der Waals surface area contributed by atoms with E-state index in [0.717, 1.165) is 44.7 Å². The van der Waals surface area contributed by atoms with Crippen molar-refractivity contribution in [3.05, 3.63) is 65.9 Å². The number of nitrogens with zero attached hydrogens (tertiary/aromatic N) is 4. The molecule has 6 aromatic heterocycles. The Kier molecular flexibility index (Phi) is 6.01. The highest BCUT2D eigenvalue weighted by molar-refractivity contribution is 7.17. The number of rotatable bonds is 7. The maximum atomic E-state index is 12.0. The largest absolute Gasteiger partial charge is 0.353 e. The Bertz CT molecular complexity index is 1830. The van der Waals surface area contributed by atoms with Gasteiger partial charge in [-0.25, -0.2) is 4.98 Å². The van der Waals surface area contributed by atoms with E-state index in [4.69, 9.17) is 4.98 Å². The second-order valence-corrected chi connectivity index (χ2v) is 10.0. The number of hydrogen-bond donors (Lipinski definition) is 3. The number of nitrogens with one attached hydrogen (secondary N) is 3. The molecule has 0 saturated carbocycles. The van der Waals surface area contributed by atoms with E-state index in [1.807, 2.05) is 49.4 Å². The van der Waals surface area contributed by atoms with Gasteiger partial charge in [0.1, 0.15) is 11.2 Å². The van der Waals surface area contributed by atoms with Crippen LogP contribution in [0.25, 0.3) is 55.2 Å². The Hall–Kier alpha value is -4.70. The molecule has 1 amide bonds. The molecule has 38 heavy (non-hydrogen) atoms. The number of hydrogen-bond acceptors (Lipinski definition) is 7. The van der Waals surface area contributed by atoms with Crippen molar-refractivity contribution in [1.82, 2.24) is 30.1 Å². The maximum Gasteiger partial charge on any atom is 0.224 e. The predicted octanol–water partition coefficient (Wildman–Crippen LogP) is 6.23. The summed E-state index contributed by atoms with van der Waals surface area (Å²) in [7, 11) is 0. The minimum absolute atomic E-state index is 0.0390. The molecule has 6 aromatic rings. The third-order valence-electron chi connectivity index (χ3n) is 6.19. The van der Waals surface area contributed by atoms with E-state index in [-0.39, 0.29) is 11.7 Å². The molecule has 6 heterocycles. The fourth-order valence-electron chi connectivity index (χ4n) is 4.38. The van der Waals surface area contributed by atoms with E-state index >= 15 is 0 Å². The molecule has 6 rings (SSSR count). The van der Waals surface area contributed by atoms with Gasteiger partial charge in [-0.15, -0.1) is 11.3 Å². The molecule has 0 fully saturated rings. The van der Waals surface area contributed by atoms with Crippen molar-refractivity contribution < 1.29 is 9.59 Å². The molecule has 0 saturated heterocycles. The quantitative estimate of drug-likeness (QED) is 0.214. The highest BCUT2D eigenvalue weighted by Crippen LogP contribution is 2.35. The first-order valence-corrected chi connectivity index (χ1v) is 13.0. The molecule has 0 bridgehead atoms. The fourth-order valence-corrected chi connectivity index (χ4v) is 5.29. The lowest BCUT2D eigenvalue weighted by atomic mass is 10.1. The first-order chi connectivity index (χ1) is 18.5. The SMILES string of the molecule is CCCC(=O)Nc1cncc(-c2ccc3[nH]nc(-c4cc5c(-c6ccc(C(C)=O)s6)nccc5[nH]4)c3n2)c1. The zero-order valence-corrected chi connectivity index (χ0v) is 21.5. The number of carbonyl (C=O) groups is 2. The first kappa shape index (κ1) is 23.7. The molecule has 0 aromatic carbocycles. The minimum Gasteiger partial charge on any atom is -0.353 e. The van der Waals surface area contributed by atoms with Gasteiger partial charge in [-0.2, -0.15) is 5.10 Å². The average molecular weight is 522 g/mol. The van der Waals surface area contributed by atoms with E-state index in [9.17, 15) is 9.59 Å². The summed E-state index contributed by atoms with van der Waals surface area (Å²) in [6.45, 7) is 3.53. The Morgan fingerprint density at radius 2 is 1.92 bits per heavy atom. The van der Waals surface area contributed by atoms with Gasteiger partial charge in [-0.1, -0.05) is 6.92 Å². The van der Waals surface area contributed by atoms with Gasteiger partial charge >= 0.3 is 0 Å². The second kappa shape index (κ2) is 9.64. The first-order valence-electron chi connectivity index (χ1n) is 12.2. The standard InChI is InChI=1S/C28H23N7O2S/c1-3-4-25(37)31-17-11-16(13-29-14-17)19-5-6-21-27(33-19)28(35-34-21)22-12-18-20(32-22)9-10-30-26(18)24-8-7-23(38-24)15(2)36/h5-14,32H,3-4H2,1-2H3,(H,31,37)(H,34,35). The molecule has 0 spiro atoms. The van der Waals surface area contributed by atoms with Gasteiger partial charge in [-0.3, -0.25) is 24.7 Å². The lowest BCUT2D eigenvalue weighted by Gasteiger charge is -2.06. The number of Topliss-reactive ketones (excluding diaryl/α,β-unsaturated/α-hetero) is 1. The molecule has 0 aliphatic carbocycles. The molecule has 0 unspecified atom stereocenters. The topological polar surface area (TPSA) is 129 Å². The van der Waals surface area contributed by atoms with Crippen LogP contribution in [0.2, 0.25) is 0 Å². The number of thiophene rings is 1. The van der Waals surface area contributed by atoms with Crippen LogP contribution in [0.3, 0.4) is 0 Å². The second-order valence-electron chi connectivity index (χ2n) is 8.95. The Morgan fingerprint density at radius 1 is 1.03 bits per heavy atom. The summed E-state index contributed by atoms with van der Waals surface area (Å²) in [5, 5.41) is 11.4. The lowest BCUT2D eigenvalue weighted by Crippen LogP contribution is -2.10. The molecule has 3 N–H and O–H groups in total. The molecule has 188 valence electrons. The smallest absolute Gasteiger partial charge is 0.224 e. The third-order valence-corrected chi connectivity index (χ3v) is 7.38. The van der Waals surface area contributed by atoms with Crippen LogP contribution in [-0.4, -0.2) is 41.8 Å². The Morgan fingerprint density at radius 3 is 2.74 bits per heavy atom. The van der Waals surface area contributed by atoms with Gasteiger partial charge < -0.3 is 10.3 Å². The summed E-state index contributed by atoms with van der Waals surface area (Å²) in [6.07, 6.45) is 6.34. The van der Waals surface area contributed by atoms with E-state index in [0.29, 0.717) is 33.9 Å². The lowest BCUT2D eigenvalue weighted by molar-refractivity contribution is -0.116. The molecule has 0 aliphatic rings. The molecule has 10 heteroatoms. The molecule has 0 radical (unpaired) electrons. The summed E-state index contributed by atoms with van der Waals surface area (Å²) >= 11 is 1.43. The summed E-state index contributed by atoms with van der Waals surface area (Å²) in [6, 6.07) is 13.4. The average Bonchev–Trinajstić information content (AvgIpc) is 3.66.